The lowest BCUT2D eigenvalue weighted by molar-refractivity contribution is 0.234. The monoisotopic (exact) mass is 327 g/mol. The Morgan fingerprint density at radius 2 is 1.71 bits per heavy atom. The molecule has 0 heterocycles. The van der Waals surface area contributed by atoms with Crippen LogP contribution in [0.15, 0.2) is 54.6 Å². The van der Waals surface area contributed by atoms with Crippen molar-refractivity contribution in [2.24, 2.45) is 0 Å². The van der Waals surface area contributed by atoms with Gasteiger partial charge < -0.3 is 14.8 Å². The molecule has 0 aliphatic carbocycles. The van der Waals surface area contributed by atoms with Crippen LogP contribution in [-0.2, 0) is 0 Å². The Morgan fingerprint density at radius 3 is 2.50 bits per heavy atom. The first-order chi connectivity index (χ1) is 11.8. The Kier molecular flexibility index (Phi) is 8.02. The van der Waals surface area contributed by atoms with E-state index in [0.29, 0.717) is 0 Å². The molecular formula is C21H29NO2. The van der Waals surface area contributed by atoms with Gasteiger partial charge in [0.25, 0.3) is 0 Å². The average Bonchev–Trinajstić information content (AvgIpc) is 2.61. The van der Waals surface area contributed by atoms with Gasteiger partial charge in [0.05, 0.1) is 13.2 Å². The Balaban J connectivity index is 1.73. The number of anilines is 1. The molecular weight excluding hydrogens is 298 g/mol. The predicted molar refractivity (Wildman–Crippen MR) is 101 cm³/mol. The number of hydrogen-bond acceptors (Lipinski definition) is 3. The Hall–Kier alpha value is -2.16. The molecule has 0 aliphatic heterocycles. The third-order valence-corrected chi connectivity index (χ3v) is 3.77. The van der Waals surface area contributed by atoms with Crippen molar-refractivity contribution >= 4 is 5.69 Å². The van der Waals surface area contributed by atoms with Gasteiger partial charge in [0, 0.05) is 11.8 Å². The molecule has 0 saturated heterocycles. The number of unbranched alkanes of at least 4 members (excludes halogenated alkanes) is 3. The van der Waals surface area contributed by atoms with E-state index in [4.69, 9.17) is 9.47 Å². The first-order valence-corrected chi connectivity index (χ1v) is 8.96. The molecule has 0 amide bonds. The van der Waals surface area contributed by atoms with Crippen LogP contribution in [0, 0.1) is 0 Å². The average molecular weight is 327 g/mol. The first-order valence-electron chi connectivity index (χ1n) is 8.96. The SMILES string of the molecule is CCCCCCOc1cccc(NCC(C)Oc2ccccc2)c1. The molecule has 2 aromatic carbocycles. The molecule has 1 unspecified atom stereocenters. The van der Waals surface area contributed by atoms with E-state index in [-0.39, 0.29) is 6.10 Å². The van der Waals surface area contributed by atoms with Crippen molar-refractivity contribution in [1.29, 1.82) is 0 Å². The van der Waals surface area contributed by atoms with Crippen LogP contribution >= 0.6 is 0 Å². The molecule has 0 fully saturated rings. The zero-order valence-corrected chi connectivity index (χ0v) is 14.8. The maximum atomic E-state index is 5.87. The van der Waals surface area contributed by atoms with Crippen molar-refractivity contribution in [2.45, 2.75) is 45.6 Å². The van der Waals surface area contributed by atoms with Crippen molar-refractivity contribution in [2.75, 3.05) is 18.5 Å². The Labute approximate surface area is 146 Å². The molecule has 2 aromatic rings. The summed E-state index contributed by atoms with van der Waals surface area (Å²) in [5.74, 6) is 1.82. The van der Waals surface area contributed by atoms with Gasteiger partial charge in [-0.1, -0.05) is 50.5 Å². The van der Waals surface area contributed by atoms with Gasteiger partial charge in [-0.3, -0.25) is 0 Å². The summed E-state index contributed by atoms with van der Waals surface area (Å²) in [6, 6.07) is 18.0. The van der Waals surface area contributed by atoms with E-state index in [2.05, 4.69) is 31.3 Å². The summed E-state index contributed by atoms with van der Waals surface area (Å²) in [5.41, 5.74) is 1.06. The van der Waals surface area contributed by atoms with Gasteiger partial charge in [0.2, 0.25) is 0 Å². The highest BCUT2D eigenvalue weighted by Gasteiger charge is 2.04. The van der Waals surface area contributed by atoms with E-state index in [1.807, 2.05) is 42.5 Å². The number of hydrogen-bond donors (Lipinski definition) is 1. The van der Waals surface area contributed by atoms with E-state index in [1.54, 1.807) is 0 Å². The summed E-state index contributed by atoms with van der Waals surface area (Å²) in [7, 11) is 0. The first kappa shape index (κ1) is 18.2. The number of nitrogens with one attached hydrogen (secondary N) is 1. The Morgan fingerprint density at radius 1 is 0.917 bits per heavy atom. The van der Waals surface area contributed by atoms with Crippen molar-refractivity contribution in [3.63, 3.8) is 0 Å². The van der Waals surface area contributed by atoms with Crippen LogP contribution in [0.5, 0.6) is 11.5 Å². The highest BCUT2D eigenvalue weighted by Crippen LogP contribution is 2.18. The maximum Gasteiger partial charge on any atom is 0.121 e. The molecule has 1 N–H and O–H groups in total. The van der Waals surface area contributed by atoms with Crippen molar-refractivity contribution in [3.05, 3.63) is 54.6 Å². The van der Waals surface area contributed by atoms with Crippen molar-refractivity contribution in [3.8, 4) is 11.5 Å². The second kappa shape index (κ2) is 10.6. The van der Waals surface area contributed by atoms with Crippen LogP contribution in [0.4, 0.5) is 5.69 Å². The molecule has 0 aromatic heterocycles. The number of benzene rings is 2. The molecule has 3 nitrogen and oxygen atoms in total. The quantitative estimate of drug-likeness (QED) is 0.551. The van der Waals surface area contributed by atoms with Crippen LogP contribution in [-0.4, -0.2) is 19.3 Å². The Bertz CT molecular complexity index is 571. The fourth-order valence-corrected chi connectivity index (χ4v) is 2.45. The zero-order chi connectivity index (χ0) is 17.0. The molecule has 0 spiro atoms. The summed E-state index contributed by atoms with van der Waals surface area (Å²) in [5, 5.41) is 3.41. The molecule has 24 heavy (non-hydrogen) atoms. The zero-order valence-electron chi connectivity index (χ0n) is 14.8. The van der Waals surface area contributed by atoms with Gasteiger partial charge in [0.1, 0.15) is 17.6 Å². The van der Waals surface area contributed by atoms with Gasteiger partial charge in [-0.25, -0.2) is 0 Å². The largest absolute Gasteiger partial charge is 0.494 e. The molecule has 2 rings (SSSR count). The fourth-order valence-electron chi connectivity index (χ4n) is 2.45. The summed E-state index contributed by atoms with van der Waals surface area (Å²) in [6.45, 7) is 5.82. The van der Waals surface area contributed by atoms with E-state index in [1.165, 1.54) is 19.3 Å². The van der Waals surface area contributed by atoms with Crippen LogP contribution in [0.2, 0.25) is 0 Å². The summed E-state index contributed by atoms with van der Waals surface area (Å²) < 4.78 is 11.7. The van der Waals surface area contributed by atoms with Gasteiger partial charge in [-0.05, 0) is 37.6 Å². The minimum Gasteiger partial charge on any atom is -0.494 e. The molecule has 0 bridgehead atoms. The van der Waals surface area contributed by atoms with E-state index >= 15 is 0 Å². The fraction of sp³-hybridized carbons (Fsp3) is 0.429. The molecule has 0 radical (unpaired) electrons. The highest BCUT2D eigenvalue weighted by atomic mass is 16.5. The van der Waals surface area contributed by atoms with Crippen LogP contribution < -0.4 is 14.8 Å². The van der Waals surface area contributed by atoms with Gasteiger partial charge in [0.15, 0.2) is 0 Å². The van der Waals surface area contributed by atoms with Gasteiger partial charge in [-0.2, -0.15) is 0 Å². The minimum absolute atomic E-state index is 0.0889. The van der Waals surface area contributed by atoms with E-state index in [0.717, 1.165) is 36.8 Å². The second-order valence-electron chi connectivity index (χ2n) is 6.06. The van der Waals surface area contributed by atoms with Gasteiger partial charge >= 0.3 is 0 Å². The summed E-state index contributed by atoms with van der Waals surface area (Å²) in [4.78, 5) is 0. The third kappa shape index (κ3) is 6.95. The molecule has 3 heteroatoms. The number of rotatable bonds is 11. The molecule has 0 saturated carbocycles. The second-order valence-corrected chi connectivity index (χ2v) is 6.06. The topological polar surface area (TPSA) is 30.5 Å². The van der Waals surface area contributed by atoms with Crippen LogP contribution in [0.1, 0.15) is 39.5 Å². The van der Waals surface area contributed by atoms with Crippen molar-refractivity contribution < 1.29 is 9.47 Å². The molecule has 130 valence electrons. The maximum absolute atomic E-state index is 5.87. The van der Waals surface area contributed by atoms with Crippen molar-refractivity contribution in [1.82, 2.24) is 0 Å². The summed E-state index contributed by atoms with van der Waals surface area (Å²) in [6.07, 6.45) is 4.98. The number of para-hydroxylation sites is 1. The van der Waals surface area contributed by atoms with E-state index < -0.39 is 0 Å². The van der Waals surface area contributed by atoms with Crippen LogP contribution in [0.3, 0.4) is 0 Å². The van der Waals surface area contributed by atoms with E-state index in [9.17, 15) is 0 Å². The lowest BCUT2D eigenvalue weighted by Crippen LogP contribution is -2.22. The number of ether oxygens (including phenoxy) is 2. The van der Waals surface area contributed by atoms with Crippen LogP contribution in [0.25, 0.3) is 0 Å². The normalized spacial score (nSPS) is 11.8. The predicted octanol–water partition coefficient (Wildman–Crippen LogP) is 5.53. The smallest absolute Gasteiger partial charge is 0.121 e. The summed E-state index contributed by atoms with van der Waals surface area (Å²) >= 11 is 0. The molecule has 0 aliphatic rings. The minimum atomic E-state index is 0.0889. The third-order valence-electron chi connectivity index (χ3n) is 3.77. The molecule has 1 atom stereocenters. The lowest BCUT2D eigenvalue weighted by Gasteiger charge is -2.16. The lowest BCUT2D eigenvalue weighted by atomic mass is 10.2. The van der Waals surface area contributed by atoms with Gasteiger partial charge in [-0.15, -0.1) is 0 Å². The standard InChI is InChI=1S/C21H29NO2/c1-3-4-5-9-15-23-21-14-10-11-19(16-21)22-17-18(2)24-20-12-7-6-8-13-20/h6-8,10-14,16,18,22H,3-5,9,15,17H2,1-2H3. The highest BCUT2D eigenvalue weighted by molar-refractivity contribution is 5.48.